The molecule has 6 heteroatoms. The monoisotopic (exact) mass is 348 g/mol. The number of rotatable bonds is 3. The first-order valence-corrected chi connectivity index (χ1v) is 7.81. The molecule has 4 nitrogen and oxygen atoms in total. The number of hydrogen-bond donors (Lipinski definition) is 1. The van der Waals surface area contributed by atoms with Crippen LogP contribution in [-0.2, 0) is 11.2 Å². The molecule has 118 valence electrons. The summed E-state index contributed by atoms with van der Waals surface area (Å²) in [4.78, 5) is 26.2. The maximum atomic E-state index is 12.8. The van der Waals surface area contributed by atoms with Gasteiger partial charge in [-0.1, -0.05) is 53.5 Å². The third kappa shape index (κ3) is 3.05. The molecule has 0 spiro atoms. The molecule has 1 heterocycles. The quantitative estimate of drug-likeness (QED) is 0.850. The van der Waals surface area contributed by atoms with Crippen molar-refractivity contribution >= 4 is 40.8 Å². The van der Waals surface area contributed by atoms with Crippen LogP contribution in [-0.4, -0.2) is 17.5 Å². The molecule has 1 N–H and O–H groups in total. The Labute approximate surface area is 144 Å². The zero-order valence-corrected chi connectivity index (χ0v) is 13.9. The standard InChI is InChI=1S/C17H14Cl2N2O2/c1-17(10-11-5-3-2-4-6-11)15(22)21(16(23)20-17)14-8-12(18)7-13(19)9-14/h2-9H,10H2,1H3,(H,20,23)/t17-/m0/s1. The van der Waals surface area contributed by atoms with Gasteiger partial charge in [0.2, 0.25) is 0 Å². The third-order valence-electron chi connectivity index (χ3n) is 3.77. The fourth-order valence-corrected chi connectivity index (χ4v) is 3.23. The van der Waals surface area contributed by atoms with Crippen molar-refractivity contribution in [2.45, 2.75) is 18.9 Å². The molecule has 1 saturated heterocycles. The maximum Gasteiger partial charge on any atom is 0.329 e. The van der Waals surface area contributed by atoms with Crippen LogP contribution in [0.4, 0.5) is 10.5 Å². The molecule has 0 bridgehead atoms. The summed E-state index contributed by atoms with van der Waals surface area (Å²) in [6.07, 6.45) is 0.406. The molecule has 3 amide bonds. The minimum atomic E-state index is -1.01. The summed E-state index contributed by atoms with van der Waals surface area (Å²) in [6, 6.07) is 13.7. The van der Waals surface area contributed by atoms with Gasteiger partial charge in [-0.05, 0) is 30.7 Å². The number of nitrogens with zero attached hydrogens (tertiary/aromatic N) is 1. The number of imide groups is 1. The molecule has 3 rings (SSSR count). The van der Waals surface area contributed by atoms with Crippen LogP contribution in [0.2, 0.25) is 10.0 Å². The predicted octanol–water partition coefficient (Wildman–Crippen LogP) is 4.05. The minimum absolute atomic E-state index is 0.329. The molecular formula is C17H14Cl2N2O2. The van der Waals surface area contributed by atoms with Gasteiger partial charge in [-0.15, -0.1) is 0 Å². The van der Waals surface area contributed by atoms with Gasteiger partial charge in [-0.25, -0.2) is 9.69 Å². The summed E-state index contributed by atoms with van der Waals surface area (Å²) < 4.78 is 0. The van der Waals surface area contributed by atoms with Crippen LogP contribution in [0.25, 0.3) is 0 Å². The fraction of sp³-hybridized carbons (Fsp3) is 0.176. The van der Waals surface area contributed by atoms with Crippen molar-refractivity contribution in [3.63, 3.8) is 0 Å². The van der Waals surface area contributed by atoms with Crippen molar-refractivity contribution in [1.29, 1.82) is 0 Å². The number of amides is 3. The first-order chi connectivity index (χ1) is 10.9. The Morgan fingerprint density at radius 3 is 2.26 bits per heavy atom. The highest BCUT2D eigenvalue weighted by atomic mass is 35.5. The molecule has 1 fully saturated rings. The molecule has 23 heavy (non-hydrogen) atoms. The van der Waals surface area contributed by atoms with E-state index in [1.165, 1.54) is 0 Å². The van der Waals surface area contributed by atoms with Crippen LogP contribution < -0.4 is 10.2 Å². The van der Waals surface area contributed by atoms with E-state index in [0.29, 0.717) is 22.2 Å². The number of carbonyl (C=O) groups excluding carboxylic acids is 2. The van der Waals surface area contributed by atoms with Gasteiger partial charge >= 0.3 is 6.03 Å². The van der Waals surface area contributed by atoms with Crippen LogP contribution in [0.15, 0.2) is 48.5 Å². The summed E-state index contributed by atoms with van der Waals surface area (Å²) in [7, 11) is 0. The first-order valence-electron chi connectivity index (χ1n) is 7.06. The number of anilines is 1. The van der Waals surface area contributed by atoms with Crippen molar-refractivity contribution in [1.82, 2.24) is 5.32 Å². The summed E-state index contributed by atoms with van der Waals surface area (Å²) in [5, 5.41) is 3.50. The smallest absolute Gasteiger partial charge is 0.323 e. The molecule has 2 aromatic rings. The van der Waals surface area contributed by atoms with Gasteiger partial charge in [0.15, 0.2) is 0 Å². The molecular weight excluding hydrogens is 335 g/mol. The normalized spacial score (nSPS) is 20.7. The Balaban J connectivity index is 1.93. The molecule has 0 saturated carbocycles. The number of nitrogens with one attached hydrogen (secondary N) is 1. The summed E-state index contributed by atoms with van der Waals surface area (Å²) in [6.45, 7) is 1.71. The van der Waals surface area contributed by atoms with Gasteiger partial charge in [-0.3, -0.25) is 4.79 Å². The second kappa shape index (κ2) is 5.87. The second-order valence-corrected chi connectivity index (χ2v) is 6.57. The molecule has 1 aliphatic rings. The molecule has 1 aliphatic heterocycles. The number of carbonyl (C=O) groups is 2. The van der Waals surface area contributed by atoms with Crippen LogP contribution in [0.5, 0.6) is 0 Å². The molecule has 0 aromatic heterocycles. The van der Waals surface area contributed by atoms with Crippen LogP contribution in [0, 0.1) is 0 Å². The van der Waals surface area contributed by atoms with E-state index in [9.17, 15) is 9.59 Å². The largest absolute Gasteiger partial charge is 0.329 e. The van der Waals surface area contributed by atoms with E-state index in [-0.39, 0.29) is 5.91 Å². The summed E-state index contributed by atoms with van der Waals surface area (Å²) in [5.74, 6) is -0.329. The van der Waals surface area contributed by atoms with Crippen LogP contribution >= 0.6 is 23.2 Å². The average Bonchev–Trinajstić information content (AvgIpc) is 2.68. The molecule has 1 atom stereocenters. The highest BCUT2D eigenvalue weighted by molar-refractivity contribution is 6.35. The van der Waals surface area contributed by atoms with E-state index in [4.69, 9.17) is 23.2 Å². The van der Waals surface area contributed by atoms with Crippen molar-refractivity contribution in [3.8, 4) is 0 Å². The highest BCUT2D eigenvalue weighted by Crippen LogP contribution is 2.31. The Bertz CT molecular complexity index is 759. The van der Waals surface area contributed by atoms with Gasteiger partial charge in [-0.2, -0.15) is 0 Å². The number of hydrogen-bond acceptors (Lipinski definition) is 2. The van der Waals surface area contributed by atoms with Crippen molar-refractivity contribution in [3.05, 3.63) is 64.1 Å². The van der Waals surface area contributed by atoms with Crippen molar-refractivity contribution in [2.75, 3.05) is 4.90 Å². The van der Waals surface area contributed by atoms with E-state index in [1.807, 2.05) is 30.3 Å². The zero-order chi connectivity index (χ0) is 16.6. The minimum Gasteiger partial charge on any atom is -0.323 e. The van der Waals surface area contributed by atoms with Gasteiger partial charge < -0.3 is 5.32 Å². The predicted molar refractivity (Wildman–Crippen MR) is 91.0 cm³/mol. The summed E-state index contributed by atoms with van der Waals surface area (Å²) in [5.41, 5.74) is 0.323. The van der Waals surface area contributed by atoms with Gasteiger partial charge in [0, 0.05) is 16.5 Å². The first kappa shape index (κ1) is 15.8. The van der Waals surface area contributed by atoms with Crippen LogP contribution in [0.3, 0.4) is 0 Å². The average molecular weight is 349 g/mol. The lowest BCUT2D eigenvalue weighted by Gasteiger charge is -2.22. The Kier molecular flexibility index (Phi) is 4.04. The zero-order valence-electron chi connectivity index (χ0n) is 12.3. The van der Waals surface area contributed by atoms with E-state index < -0.39 is 11.6 Å². The lowest BCUT2D eigenvalue weighted by atomic mass is 9.93. The van der Waals surface area contributed by atoms with E-state index in [0.717, 1.165) is 10.5 Å². The Hall–Kier alpha value is -2.04. The molecule has 2 aromatic carbocycles. The summed E-state index contributed by atoms with van der Waals surface area (Å²) >= 11 is 11.9. The van der Waals surface area contributed by atoms with Gasteiger partial charge in [0.25, 0.3) is 5.91 Å². The lowest BCUT2D eigenvalue weighted by molar-refractivity contribution is -0.121. The second-order valence-electron chi connectivity index (χ2n) is 5.69. The number of benzene rings is 2. The van der Waals surface area contributed by atoms with E-state index in [1.54, 1.807) is 25.1 Å². The number of urea groups is 1. The lowest BCUT2D eigenvalue weighted by Crippen LogP contribution is -2.46. The third-order valence-corrected chi connectivity index (χ3v) is 4.20. The topological polar surface area (TPSA) is 49.4 Å². The SMILES string of the molecule is C[C@@]1(Cc2ccccc2)NC(=O)N(c2cc(Cl)cc(Cl)c2)C1=O. The van der Waals surface area contributed by atoms with Gasteiger partial charge in [0.1, 0.15) is 5.54 Å². The molecule has 0 aliphatic carbocycles. The maximum absolute atomic E-state index is 12.8. The number of halogens is 2. The molecule has 0 radical (unpaired) electrons. The van der Waals surface area contributed by atoms with Crippen molar-refractivity contribution in [2.24, 2.45) is 0 Å². The van der Waals surface area contributed by atoms with Gasteiger partial charge in [0.05, 0.1) is 5.69 Å². The van der Waals surface area contributed by atoms with Crippen LogP contribution in [0.1, 0.15) is 12.5 Å². The van der Waals surface area contributed by atoms with E-state index >= 15 is 0 Å². The molecule has 0 unspecified atom stereocenters. The van der Waals surface area contributed by atoms with Crippen molar-refractivity contribution < 1.29 is 9.59 Å². The Morgan fingerprint density at radius 1 is 1.04 bits per heavy atom. The highest BCUT2D eigenvalue weighted by Gasteiger charge is 2.48. The van der Waals surface area contributed by atoms with E-state index in [2.05, 4.69) is 5.32 Å². The Morgan fingerprint density at radius 2 is 1.65 bits per heavy atom. The fourth-order valence-electron chi connectivity index (χ4n) is 2.71.